The Hall–Kier alpha value is -1.41. The molecule has 0 aromatic heterocycles. The highest BCUT2D eigenvalue weighted by atomic mass is 31.1. The first-order valence-electron chi connectivity index (χ1n) is 6.50. The molecule has 110 valence electrons. The van der Waals surface area contributed by atoms with E-state index in [1.807, 2.05) is 13.8 Å². The third kappa shape index (κ3) is 3.37. The molecule has 1 rings (SSSR count). The summed E-state index contributed by atoms with van der Waals surface area (Å²) in [4.78, 5) is 12.8. The molecule has 0 N–H and O–H groups in total. The van der Waals surface area contributed by atoms with Gasteiger partial charge in [-0.3, -0.25) is 9.36 Å². The predicted molar refractivity (Wildman–Crippen MR) is 79.3 cm³/mol. The second kappa shape index (κ2) is 6.85. The number of ether oxygens (including phenoxy) is 2. The normalized spacial score (nSPS) is 14.1. The summed E-state index contributed by atoms with van der Waals surface area (Å²) in [6, 6.07) is 5.16. The predicted octanol–water partition coefficient (Wildman–Crippen LogP) is 3.98. The van der Waals surface area contributed by atoms with Crippen LogP contribution < -0.4 is 9.47 Å². The molecule has 0 fully saturated rings. The van der Waals surface area contributed by atoms with Crippen LogP contribution in [0.2, 0.25) is 0 Å². The van der Waals surface area contributed by atoms with Crippen molar-refractivity contribution < 1.29 is 18.8 Å². The highest BCUT2D eigenvalue weighted by Crippen LogP contribution is 2.39. The third-order valence-corrected chi connectivity index (χ3v) is 3.94. The van der Waals surface area contributed by atoms with Crippen molar-refractivity contribution in [2.24, 2.45) is 5.92 Å². The molecule has 1 aromatic rings. The van der Waals surface area contributed by atoms with E-state index in [0.29, 0.717) is 23.5 Å². The van der Waals surface area contributed by atoms with Gasteiger partial charge in [0.2, 0.25) is 0 Å². The van der Waals surface area contributed by atoms with E-state index in [0.717, 1.165) is 0 Å². The van der Waals surface area contributed by atoms with Gasteiger partial charge in [-0.25, -0.2) is 0 Å². The molecule has 4 nitrogen and oxygen atoms in total. The van der Waals surface area contributed by atoms with Gasteiger partial charge in [0.05, 0.1) is 14.2 Å². The average Bonchev–Trinajstić information content (AvgIpc) is 2.44. The summed E-state index contributed by atoms with van der Waals surface area (Å²) in [7, 11) is 2.81. The van der Waals surface area contributed by atoms with Crippen LogP contribution >= 0.6 is 8.46 Å². The van der Waals surface area contributed by atoms with Crippen LogP contribution in [0.15, 0.2) is 18.2 Å². The van der Waals surface area contributed by atoms with Crippen LogP contribution in [-0.4, -0.2) is 25.2 Å². The standard InChI is InChI=1S/C15H21O4P/c1-10(2)9-15(3,20-17)14(16)13-11(18-4)7-6-8-12(13)19-5/h6-8,10H,9H2,1-5H3. The Balaban J connectivity index is 3.35. The van der Waals surface area contributed by atoms with Crippen LogP contribution in [0.4, 0.5) is 0 Å². The lowest BCUT2D eigenvalue weighted by Crippen LogP contribution is -2.31. The molecule has 0 saturated heterocycles. The minimum Gasteiger partial charge on any atom is -0.496 e. The van der Waals surface area contributed by atoms with Gasteiger partial charge in [0, 0.05) is 0 Å². The Labute approximate surface area is 121 Å². The summed E-state index contributed by atoms with van der Waals surface area (Å²) in [5, 5.41) is -0.976. The molecule has 1 aromatic carbocycles. The number of hydrogen-bond acceptors (Lipinski definition) is 4. The van der Waals surface area contributed by atoms with Gasteiger partial charge in [-0.1, -0.05) is 19.9 Å². The van der Waals surface area contributed by atoms with Crippen LogP contribution in [0.3, 0.4) is 0 Å². The Bertz CT molecular complexity index is 476. The van der Waals surface area contributed by atoms with E-state index in [2.05, 4.69) is 0 Å². The lowest BCUT2D eigenvalue weighted by Gasteiger charge is -2.24. The van der Waals surface area contributed by atoms with Crippen LogP contribution in [0.5, 0.6) is 11.5 Å². The third-order valence-electron chi connectivity index (χ3n) is 3.15. The Kier molecular flexibility index (Phi) is 5.70. The first-order chi connectivity index (χ1) is 9.39. The Morgan fingerprint density at radius 3 is 2.10 bits per heavy atom. The SMILES string of the molecule is COc1cccc(OC)c1C(=O)C(C)(CC(C)C)P=O. The highest BCUT2D eigenvalue weighted by molar-refractivity contribution is 7.28. The molecule has 1 unspecified atom stereocenters. The van der Waals surface area contributed by atoms with Gasteiger partial charge >= 0.3 is 0 Å². The minimum atomic E-state index is -0.976. The number of rotatable bonds is 7. The van der Waals surface area contributed by atoms with Crippen LogP contribution in [-0.2, 0) is 4.57 Å². The zero-order valence-corrected chi connectivity index (χ0v) is 13.5. The molecular formula is C15H21O4P. The van der Waals surface area contributed by atoms with E-state index in [4.69, 9.17) is 9.47 Å². The number of carbonyl (C=O) groups excluding carboxylic acids is 1. The second-order valence-corrected chi connectivity index (χ2v) is 6.50. The van der Waals surface area contributed by atoms with E-state index >= 15 is 0 Å². The summed E-state index contributed by atoms with van der Waals surface area (Å²) in [6.07, 6.45) is 0.526. The molecule has 5 heteroatoms. The van der Waals surface area contributed by atoms with Gasteiger partial charge in [-0.15, -0.1) is 0 Å². The monoisotopic (exact) mass is 296 g/mol. The fourth-order valence-corrected chi connectivity index (χ4v) is 2.95. The first kappa shape index (κ1) is 16.6. The van der Waals surface area contributed by atoms with Crippen LogP contribution in [0, 0.1) is 5.92 Å². The average molecular weight is 296 g/mol. The van der Waals surface area contributed by atoms with Crippen molar-refractivity contribution in [1.82, 2.24) is 0 Å². The lowest BCUT2D eigenvalue weighted by atomic mass is 9.89. The van der Waals surface area contributed by atoms with Gasteiger partial charge < -0.3 is 9.47 Å². The fourth-order valence-electron chi connectivity index (χ4n) is 2.31. The van der Waals surface area contributed by atoms with Crippen molar-refractivity contribution in [3.63, 3.8) is 0 Å². The number of methoxy groups -OCH3 is 2. The molecule has 0 saturated carbocycles. The summed E-state index contributed by atoms with van der Waals surface area (Å²) in [5.41, 5.74) is 0.351. The van der Waals surface area contributed by atoms with E-state index in [1.165, 1.54) is 14.2 Å². The molecule has 0 aliphatic heterocycles. The van der Waals surface area contributed by atoms with E-state index in [1.54, 1.807) is 25.1 Å². The molecule has 0 spiro atoms. The maximum atomic E-state index is 12.8. The first-order valence-corrected chi connectivity index (χ1v) is 7.31. The van der Waals surface area contributed by atoms with Crippen molar-refractivity contribution in [2.45, 2.75) is 32.3 Å². The van der Waals surface area contributed by atoms with E-state index in [-0.39, 0.29) is 20.2 Å². The smallest absolute Gasteiger partial charge is 0.187 e. The molecule has 1 atom stereocenters. The summed E-state index contributed by atoms with van der Waals surface area (Å²) < 4.78 is 22.1. The zero-order chi connectivity index (χ0) is 15.3. The van der Waals surface area contributed by atoms with Gasteiger partial charge in [0.25, 0.3) is 0 Å². The Morgan fingerprint density at radius 2 is 1.75 bits per heavy atom. The number of carbonyl (C=O) groups is 1. The molecule has 0 bridgehead atoms. The van der Waals surface area contributed by atoms with Crippen molar-refractivity contribution in [2.75, 3.05) is 14.2 Å². The van der Waals surface area contributed by atoms with Crippen molar-refractivity contribution in [3.05, 3.63) is 23.8 Å². The second-order valence-electron chi connectivity index (χ2n) is 5.33. The van der Waals surface area contributed by atoms with Crippen molar-refractivity contribution in [3.8, 4) is 11.5 Å². The maximum absolute atomic E-state index is 12.8. The van der Waals surface area contributed by atoms with Crippen molar-refractivity contribution in [1.29, 1.82) is 0 Å². The molecule has 0 aliphatic rings. The number of hydrogen-bond donors (Lipinski definition) is 0. The number of ketones is 1. The minimum absolute atomic E-state index is 0.192. The Morgan fingerprint density at radius 1 is 1.25 bits per heavy atom. The van der Waals surface area contributed by atoms with E-state index in [9.17, 15) is 9.36 Å². The fraction of sp³-hybridized carbons (Fsp3) is 0.533. The molecular weight excluding hydrogens is 275 g/mol. The largest absolute Gasteiger partial charge is 0.496 e. The summed E-state index contributed by atoms with van der Waals surface area (Å²) in [6.45, 7) is 5.70. The van der Waals surface area contributed by atoms with Crippen LogP contribution in [0.25, 0.3) is 0 Å². The topological polar surface area (TPSA) is 52.6 Å². The van der Waals surface area contributed by atoms with Gasteiger partial charge in [-0.2, -0.15) is 0 Å². The molecule has 0 heterocycles. The maximum Gasteiger partial charge on any atom is 0.187 e. The molecule has 20 heavy (non-hydrogen) atoms. The quantitative estimate of drug-likeness (QED) is 0.564. The van der Waals surface area contributed by atoms with Crippen LogP contribution in [0.1, 0.15) is 37.6 Å². The molecule has 0 amide bonds. The van der Waals surface area contributed by atoms with Gasteiger partial charge in [0.1, 0.15) is 22.2 Å². The summed E-state index contributed by atoms with van der Waals surface area (Å²) >= 11 is 0. The highest BCUT2D eigenvalue weighted by Gasteiger charge is 2.38. The summed E-state index contributed by atoms with van der Waals surface area (Å²) in [5.74, 6) is 0.907. The number of benzene rings is 1. The van der Waals surface area contributed by atoms with Crippen molar-refractivity contribution >= 4 is 14.2 Å². The lowest BCUT2D eigenvalue weighted by molar-refractivity contribution is 0.0929. The molecule has 0 aliphatic carbocycles. The zero-order valence-electron chi connectivity index (χ0n) is 12.6. The molecule has 0 radical (unpaired) electrons. The van der Waals surface area contributed by atoms with Gasteiger partial charge in [-0.05, 0) is 31.4 Å². The van der Waals surface area contributed by atoms with E-state index < -0.39 is 5.16 Å². The van der Waals surface area contributed by atoms with Gasteiger partial charge in [0.15, 0.2) is 14.2 Å². The number of Topliss-reactive ketones (excluding diaryl/α,β-unsaturated/α-hetero) is 1.